The van der Waals surface area contributed by atoms with Crippen LogP contribution in [0.25, 0.3) is 0 Å². The molecule has 0 bridgehead atoms. The fraction of sp³-hybridized carbons (Fsp3) is 0.0714. The lowest BCUT2D eigenvalue weighted by molar-refractivity contribution is -0.0493. The first-order valence-corrected chi connectivity index (χ1v) is 7.36. The van der Waals surface area contributed by atoms with Crippen LogP contribution < -0.4 is 10.1 Å². The Morgan fingerprint density at radius 3 is 2.57 bits per heavy atom. The van der Waals surface area contributed by atoms with Crippen LogP contribution in [0.5, 0.6) is 5.75 Å². The molecule has 0 saturated heterocycles. The van der Waals surface area contributed by atoms with E-state index in [0.29, 0.717) is 10.0 Å². The lowest BCUT2D eigenvalue weighted by atomic mass is 10.2. The summed E-state index contributed by atoms with van der Waals surface area (Å²) in [4.78, 5) is 12.2. The van der Waals surface area contributed by atoms with Crippen molar-refractivity contribution in [3.63, 3.8) is 0 Å². The molecular weight excluding hydrogens is 412 g/mol. The number of benzene rings is 2. The maximum Gasteiger partial charge on any atom is 0.387 e. The number of carbonyl (C=O) groups excluding carboxylic acids is 1. The minimum Gasteiger partial charge on any atom is -0.433 e. The van der Waals surface area contributed by atoms with E-state index in [1.807, 2.05) is 0 Å². The molecule has 0 aliphatic carbocycles. The van der Waals surface area contributed by atoms with Crippen LogP contribution in [0, 0.1) is 0 Å². The first-order chi connectivity index (χ1) is 9.97. The minimum absolute atomic E-state index is 0.0908. The maximum atomic E-state index is 12.3. The molecule has 0 aliphatic heterocycles. The summed E-state index contributed by atoms with van der Waals surface area (Å²) in [6.45, 7) is -2.96. The van der Waals surface area contributed by atoms with Crippen LogP contribution >= 0.6 is 31.9 Å². The highest BCUT2D eigenvalue weighted by molar-refractivity contribution is 9.11. The molecule has 0 saturated carbocycles. The van der Waals surface area contributed by atoms with Crippen LogP contribution in [0.3, 0.4) is 0 Å². The van der Waals surface area contributed by atoms with Gasteiger partial charge < -0.3 is 10.1 Å². The van der Waals surface area contributed by atoms with Gasteiger partial charge in [0.25, 0.3) is 5.91 Å². The lowest BCUT2D eigenvalue weighted by Crippen LogP contribution is -2.14. The largest absolute Gasteiger partial charge is 0.433 e. The van der Waals surface area contributed by atoms with Crippen LogP contribution in [-0.4, -0.2) is 12.5 Å². The van der Waals surface area contributed by atoms with Gasteiger partial charge in [-0.3, -0.25) is 4.79 Å². The second-order valence-corrected chi connectivity index (χ2v) is 5.72. The molecule has 7 heteroatoms. The zero-order valence-electron chi connectivity index (χ0n) is 10.4. The van der Waals surface area contributed by atoms with Gasteiger partial charge in [0.15, 0.2) is 0 Å². The number of amides is 1. The molecule has 1 amide bonds. The minimum atomic E-state index is -2.96. The molecule has 0 heterocycles. The van der Waals surface area contributed by atoms with Gasteiger partial charge in [0.1, 0.15) is 5.75 Å². The molecule has 110 valence electrons. The summed E-state index contributed by atoms with van der Waals surface area (Å²) in [6, 6.07) is 11.1. The Morgan fingerprint density at radius 2 is 1.86 bits per heavy atom. The van der Waals surface area contributed by atoms with E-state index < -0.39 is 12.5 Å². The molecule has 3 nitrogen and oxygen atoms in total. The molecule has 2 rings (SSSR count). The fourth-order valence-corrected chi connectivity index (χ4v) is 2.42. The average Bonchev–Trinajstić information content (AvgIpc) is 2.43. The van der Waals surface area contributed by atoms with E-state index in [9.17, 15) is 13.6 Å². The first kappa shape index (κ1) is 15.9. The Hall–Kier alpha value is -1.47. The number of hydrogen-bond acceptors (Lipinski definition) is 2. The third kappa shape index (κ3) is 4.25. The van der Waals surface area contributed by atoms with Crippen molar-refractivity contribution in [2.24, 2.45) is 0 Å². The molecule has 0 fully saturated rings. The molecule has 0 unspecified atom stereocenters. The number of alkyl halides is 2. The van der Waals surface area contributed by atoms with Crippen molar-refractivity contribution in [3.8, 4) is 5.75 Å². The normalized spacial score (nSPS) is 10.5. The van der Waals surface area contributed by atoms with Crippen LogP contribution in [-0.2, 0) is 0 Å². The fourth-order valence-electron chi connectivity index (χ4n) is 1.63. The van der Waals surface area contributed by atoms with Gasteiger partial charge >= 0.3 is 6.61 Å². The number of anilines is 1. The monoisotopic (exact) mass is 419 g/mol. The van der Waals surface area contributed by atoms with Crippen LogP contribution in [0.2, 0.25) is 0 Å². The third-order valence-electron chi connectivity index (χ3n) is 2.52. The molecule has 21 heavy (non-hydrogen) atoms. The quantitative estimate of drug-likeness (QED) is 0.750. The Morgan fingerprint density at radius 1 is 1.14 bits per heavy atom. The van der Waals surface area contributed by atoms with Crippen LogP contribution in [0.1, 0.15) is 10.4 Å². The van der Waals surface area contributed by atoms with Gasteiger partial charge in [0.05, 0.1) is 11.3 Å². The summed E-state index contributed by atoms with van der Waals surface area (Å²) in [5.41, 5.74) is 0.547. The summed E-state index contributed by atoms with van der Waals surface area (Å²) in [6.07, 6.45) is 0. The third-order valence-corrected chi connectivity index (χ3v) is 3.71. The van der Waals surface area contributed by atoms with Gasteiger partial charge in [-0.05, 0) is 46.3 Å². The van der Waals surface area contributed by atoms with Gasteiger partial charge in [-0.2, -0.15) is 8.78 Å². The second kappa shape index (κ2) is 7.00. The summed E-state index contributed by atoms with van der Waals surface area (Å²) >= 11 is 6.54. The van der Waals surface area contributed by atoms with Crippen molar-refractivity contribution in [1.82, 2.24) is 0 Å². The zero-order valence-corrected chi connectivity index (χ0v) is 13.6. The summed E-state index contributed by atoms with van der Waals surface area (Å²) in [7, 11) is 0. The van der Waals surface area contributed by atoms with Crippen LogP contribution in [0.15, 0.2) is 51.4 Å². The maximum absolute atomic E-state index is 12.3. The number of para-hydroxylation sites is 2. The highest BCUT2D eigenvalue weighted by Crippen LogP contribution is 2.28. The van der Waals surface area contributed by atoms with Gasteiger partial charge in [-0.15, -0.1) is 0 Å². The van der Waals surface area contributed by atoms with Crippen molar-refractivity contribution < 1.29 is 18.3 Å². The molecule has 2 aromatic carbocycles. The molecule has 0 atom stereocenters. The molecule has 2 aromatic rings. The topological polar surface area (TPSA) is 38.3 Å². The summed E-state index contributed by atoms with van der Waals surface area (Å²) in [5, 5.41) is 2.55. The zero-order chi connectivity index (χ0) is 15.4. The SMILES string of the molecule is O=C(Nc1ccccc1OC(F)F)c1cc(Br)ccc1Br. The van der Waals surface area contributed by atoms with Gasteiger partial charge in [-0.1, -0.05) is 28.1 Å². The number of hydrogen-bond donors (Lipinski definition) is 1. The number of ether oxygens (including phenoxy) is 1. The highest BCUT2D eigenvalue weighted by Gasteiger charge is 2.15. The van der Waals surface area contributed by atoms with Crippen molar-refractivity contribution in [3.05, 3.63) is 57.0 Å². The highest BCUT2D eigenvalue weighted by atomic mass is 79.9. The molecule has 0 aliphatic rings. The Bertz CT molecular complexity index is 665. The standard InChI is InChI=1S/C14H9Br2F2NO2/c15-8-5-6-10(16)9(7-8)13(20)19-11-3-1-2-4-12(11)21-14(17)18/h1-7,14H,(H,19,20). The number of rotatable bonds is 4. The lowest BCUT2D eigenvalue weighted by Gasteiger charge is -2.12. The van der Waals surface area contributed by atoms with E-state index in [1.54, 1.807) is 30.3 Å². The van der Waals surface area contributed by atoms with Crippen molar-refractivity contribution in [2.75, 3.05) is 5.32 Å². The molecule has 0 aromatic heterocycles. The van der Waals surface area contributed by atoms with Gasteiger partial charge in [0, 0.05) is 8.95 Å². The predicted octanol–water partition coefficient (Wildman–Crippen LogP) is 5.07. The second-order valence-electron chi connectivity index (χ2n) is 3.95. The van der Waals surface area contributed by atoms with E-state index in [2.05, 4.69) is 41.9 Å². The smallest absolute Gasteiger partial charge is 0.387 e. The van der Waals surface area contributed by atoms with Gasteiger partial charge in [-0.25, -0.2) is 0 Å². The number of halogens is 4. The van der Waals surface area contributed by atoms with Crippen molar-refractivity contribution in [2.45, 2.75) is 6.61 Å². The van der Waals surface area contributed by atoms with E-state index >= 15 is 0 Å². The van der Waals surface area contributed by atoms with Crippen LogP contribution in [0.4, 0.5) is 14.5 Å². The molecule has 0 radical (unpaired) electrons. The first-order valence-electron chi connectivity index (χ1n) is 5.77. The van der Waals surface area contributed by atoms with E-state index in [0.717, 1.165) is 4.47 Å². The Kier molecular flexibility index (Phi) is 5.30. The summed E-state index contributed by atoms with van der Waals surface area (Å²) < 4.78 is 30.3. The molecule has 1 N–H and O–H groups in total. The molecular formula is C14H9Br2F2NO2. The number of carbonyl (C=O) groups is 1. The molecule has 0 spiro atoms. The van der Waals surface area contributed by atoms with Crippen molar-refractivity contribution >= 4 is 43.5 Å². The van der Waals surface area contributed by atoms with E-state index in [-0.39, 0.29) is 11.4 Å². The van der Waals surface area contributed by atoms with E-state index in [4.69, 9.17) is 0 Å². The van der Waals surface area contributed by atoms with Gasteiger partial charge in [0.2, 0.25) is 0 Å². The predicted molar refractivity (Wildman–Crippen MR) is 82.9 cm³/mol. The Labute approximate surface area is 136 Å². The summed E-state index contributed by atoms with van der Waals surface area (Å²) in [5.74, 6) is -0.527. The number of nitrogens with one attached hydrogen (secondary N) is 1. The average molecular weight is 421 g/mol. The van der Waals surface area contributed by atoms with E-state index in [1.165, 1.54) is 12.1 Å². The van der Waals surface area contributed by atoms with Crippen molar-refractivity contribution in [1.29, 1.82) is 0 Å². The Balaban J connectivity index is 2.25.